The van der Waals surface area contributed by atoms with E-state index in [-0.39, 0.29) is 23.0 Å². The number of thioether (sulfide) groups is 1. The minimum Gasteiger partial charge on any atom is -0.320 e. The van der Waals surface area contributed by atoms with Crippen LogP contribution >= 0.6 is 11.8 Å². The van der Waals surface area contributed by atoms with Crippen molar-refractivity contribution in [2.45, 2.75) is 18.9 Å². The number of fused-ring (bicyclic) bond motifs is 1. The van der Waals surface area contributed by atoms with Gasteiger partial charge in [0.15, 0.2) is 5.65 Å². The Morgan fingerprint density at radius 3 is 2.58 bits per heavy atom. The van der Waals surface area contributed by atoms with Crippen molar-refractivity contribution in [3.63, 3.8) is 0 Å². The highest BCUT2D eigenvalue weighted by molar-refractivity contribution is 7.99. The Bertz CT molecular complexity index is 1290. The van der Waals surface area contributed by atoms with E-state index in [1.807, 2.05) is 50.2 Å². The number of nitro benzene ring substituents is 1. The molecule has 2 heterocycles. The first-order chi connectivity index (χ1) is 14.9. The Morgan fingerprint density at radius 1 is 1.13 bits per heavy atom. The van der Waals surface area contributed by atoms with Gasteiger partial charge < -0.3 is 5.32 Å². The summed E-state index contributed by atoms with van der Waals surface area (Å²) in [7, 11) is 0. The summed E-state index contributed by atoms with van der Waals surface area (Å²) < 4.78 is 1.74. The van der Waals surface area contributed by atoms with E-state index in [0.717, 1.165) is 33.2 Å². The van der Waals surface area contributed by atoms with Gasteiger partial charge in [-0.1, -0.05) is 54.2 Å². The van der Waals surface area contributed by atoms with Crippen LogP contribution in [-0.4, -0.2) is 31.2 Å². The number of hydrogen-bond donors (Lipinski definition) is 1. The van der Waals surface area contributed by atoms with Crippen molar-refractivity contribution in [2.75, 3.05) is 11.1 Å². The lowest BCUT2D eigenvalue weighted by molar-refractivity contribution is -0.383. The van der Waals surface area contributed by atoms with Crippen LogP contribution in [0.4, 0.5) is 11.4 Å². The van der Waals surface area contributed by atoms with Gasteiger partial charge in [0, 0.05) is 17.3 Å². The van der Waals surface area contributed by atoms with Gasteiger partial charge in [0.25, 0.3) is 5.69 Å². The van der Waals surface area contributed by atoms with Crippen molar-refractivity contribution < 1.29 is 9.72 Å². The summed E-state index contributed by atoms with van der Waals surface area (Å²) in [5, 5.41) is 19.2. The number of aryl methyl sites for hydroxylation is 2. The van der Waals surface area contributed by atoms with E-state index in [1.165, 1.54) is 23.9 Å². The standard InChI is InChI=1S/C22H19N5O3S/c1-14-12-20(31-13-19(28)24-17-10-6-7-11-18(17)27(29)30)26-22(23-14)21(15(2)25-26)16-8-4-3-5-9-16/h3-12H,13H2,1-2H3,(H,24,28). The summed E-state index contributed by atoms with van der Waals surface area (Å²) in [5.41, 5.74) is 4.40. The molecule has 0 atom stereocenters. The minimum atomic E-state index is -0.518. The average molecular weight is 433 g/mol. The molecule has 31 heavy (non-hydrogen) atoms. The average Bonchev–Trinajstić information content (AvgIpc) is 3.08. The largest absolute Gasteiger partial charge is 0.320 e. The van der Waals surface area contributed by atoms with Crippen LogP contribution in [0.2, 0.25) is 0 Å². The molecule has 0 aliphatic heterocycles. The van der Waals surface area contributed by atoms with Gasteiger partial charge in [-0.2, -0.15) is 5.10 Å². The van der Waals surface area contributed by atoms with Crippen molar-refractivity contribution in [1.29, 1.82) is 0 Å². The smallest absolute Gasteiger partial charge is 0.292 e. The second-order valence-corrected chi connectivity index (χ2v) is 7.90. The van der Waals surface area contributed by atoms with Gasteiger partial charge in [-0.3, -0.25) is 14.9 Å². The van der Waals surface area contributed by atoms with Gasteiger partial charge in [-0.15, -0.1) is 0 Å². The molecule has 0 radical (unpaired) electrons. The highest BCUT2D eigenvalue weighted by Gasteiger charge is 2.18. The number of para-hydroxylation sites is 2. The third kappa shape index (κ3) is 4.26. The summed E-state index contributed by atoms with van der Waals surface area (Å²) in [6.45, 7) is 3.83. The fourth-order valence-corrected chi connectivity index (χ4v) is 4.18. The molecule has 1 amide bonds. The predicted octanol–water partition coefficient (Wildman–Crippen LogP) is 4.65. The van der Waals surface area contributed by atoms with Gasteiger partial charge in [0.05, 0.1) is 16.4 Å². The Balaban J connectivity index is 1.60. The molecule has 0 unspecified atom stereocenters. The highest BCUT2D eigenvalue weighted by atomic mass is 32.2. The number of amides is 1. The molecule has 0 spiro atoms. The number of hydrogen-bond acceptors (Lipinski definition) is 6. The molecule has 9 heteroatoms. The summed E-state index contributed by atoms with van der Waals surface area (Å²) in [5.74, 6) is -0.265. The zero-order valence-corrected chi connectivity index (χ0v) is 17.7. The SMILES string of the molecule is Cc1cc(SCC(=O)Nc2ccccc2[N+](=O)[O-])n2nc(C)c(-c3ccccc3)c2n1. The number of nitro groups is 1. The van der Waals surface area contributed by atoms with Crippen LogP contribution in [-0.2, 0) is 4.79 Å². The molecule has 0 bridgehead atoms. The van der Waals surface area contributed by atoms with Gasteiger partial charge in [0.1, 0.15) is 10.7 Å². The summed E-state index contributed by atoms with van der Waals surface area (Å²) in [6.07, 6.45) is 0. The van der Waals surface area contributed by atoms with Crippen LogP contribution in [0.25, 0.3) is 16.8 Å². The van der Waals surface area contributed by atoms with E-state index in [2.05, 4.69) is 15.4 Å². The van der Waals surface area contributed by atoms with E-state index in [9.17, 15) is 14.9 Å². The fraction of sp³-hybridized carbons (Fsp3) is 0.136. The number of nitrogens with zero attached hydrogens (tertiary/aromatic N) is 4. The molecule has 2 aromatic carbocycles. The number of nitrogens with one attached hydrogen (secondary N) is 1. The maximum atomic E-state index is 12.5. The molecule has 4 aromatic rings. The Kier molecular flexibility index (Phi) is 5.68. The molecule has 156 valence electrons. The van der Waals surface area contributed by atoms with Crippen molar-refractivity contribution in [1.82, 2.24) is 14.6 Å². The summed E-state index contributed by atoms with van der Waals surface area (Å²) in [6, 6.07) is 17.9. The second-order valence-electron chi connectivity index (χ2n) is 6.91. The Morgan fingerprint density at radius 2 is 1.84 bits per heavy atom. The van der Waals surface area contributed by atoms with Gasteiger partial charge in [-0.05, 0) is 31.5 Å². The second kappa shape index (κ2) is 8.57. The summed E-state index contributed by atoms with van der Waals surface area (Å²) >= 11 is 1.30. The van der Waals surface area contributed by atoms with E-state index in [1.54, 1.807) is 16.6 Å². The third-order valence-electron chi connectivity index (χ3n) is 4.65. The first-order valence-corrected chi connectivity index (χ1v) is 10.5. The molecule has 0 saturated heterocycles. The van der Waals surface area contributed by atoms with Crippen LogP contribution in [0.5, 0.6) is 0 Å². The molecule has 1 N–H and O–H groups in total. The number of carbonyl (C=O) groups excluding carboxylic acids is 1. The van der Waals surface area contributed by atoms with Crippen LogP contribution in [0, 0.1) is 24.0 Å². The van der Waals surface area contributed by atoms with Crippen LogP contribution in [0.15, 0.2) is 65.7 Å². The maximum absolute atomic E-state index is 12.5. The Labute approximate surface area is 182 Å². The van der Waals surface area contributed by atoms with Crippen molar-refractivity contribution in [3.8, 4) is 11.1 Å². The van der Waals surface area contributed by atoms with E-state index in [0.29, 0.717) is 0 Å². The first kappa shape index (κ1) is 20.5. The molecule has 0 aliphatic rings. The molecular weight excluding hydrogens is 414 g/mol. The molecule has 0 aliphatic carbocycles. The lowest BCUT2D eigenvalue weighted by atomic mass is 10.1. The third-order valence-corrected chi connectivity index (χ3v) is 5.64. The van der Waals surface area contributed by atoms with Gasteiger partial charge in [0.2, 0.25) is 5.91 Å². The molecule has 0 fully saturated rings. The normalized spacial score (nSPS) is 10.9. The maximum Gasteiger partial charge on any atom is 0.292 e. The van der Waals surface area contributed by atoms with Crippen LogP contribution in [0.1, 0.15) is 11.4 Å². The van der Waals surface area contributed by atoms with Crippen LogP contribution < -0.4 is 5.32 Å². The number of carbonyl (C=O) groups is 1. The van der Waals surface area contributed by atoms with Gasteiger partial charge >= 0.3 is 0 Å². The van der Waals surface area contributed by atoms with Crippen molar-refractivity contribution in [3.05, 3.63) is 82.2 Å². The topological polar surface area (TPSA) is 102 Å². The minimum absolute atomic E-state index is 0.0736. The van der Waals surface area contributed by atoms with Crippen molar-refractivity contribution >= 4 is 34.7 Å². The van der Waals surface area contributed by atoms with E-state index < -0.39 is 4.92 Å². The molecule has 4 rings (SSSR count). The zero-order valence-electron chi connectivity index (χ0n) is 16.9. The quantitative estimate of drug-likeness (QED) is 0.205. The number of benzene rings is 2. The Hall–Kier alpha value is -3.72. The number of rotatable bonds is 6. The molecular formula is C22H19N5O3S. The van der Waals surface area contributed by atoms with Crippen molar-refractivity contribution in [2.24, 2.45) is 0 Å². The van der Waals surface area contributed by atoms with Gasteiger partial charge in [-0.25, -0.2) is 9.50 Å². The monoisotopic (exact) mass is 433 g/mol. The zero-order chi connectivity index (χ0) is 22.0. The van der Waals surface area contributed by atoms with Crippen LogP contribution in [0.3, 0.4) is 0 Å². The molecule has 2 aromatic heterocycles. The lowest BCUT2D eigenvalue weighted by Gasteiger charge is -2.08. The van der Waals surface area contributed by atoms with E-state index >= 15 is 0 Å². The summed E-state index contributed by atoms with van der Waals surface area (Å²) in [4.78, 5) is 27.8. The fourth-order valence-electron chi connectivity index (χ4n) is 3.32. The molecule has 0 saturated carbocycles. The predicted molar refractivity (Wildman–Crippen MR) is 120 cm³/mol. The number of anilines is 1. The number of aromatic nitrogens is 3. The lowest BCUT2D eigenvalue weighted by Crippen LogP contribution is -2.15. The first-order valence-electron chi connectivity index (χ1n) is 9.52. The van der Waals surface area contributed by atoms with E-state index in [4.69, 9.17) is 0 Å². The highest BCUT2D eigenvalue weighted by Crippen LogP contribution is 2.30. The molecule has 8 nitrogen and oxygen atoms in total.